The molecule has 0 heterocycles. The summed E-state index contributed by atoms with van der Waals surface area (Å²) in [6.45, 7) is 1.88. The maximum absolute atomic E-state index is 12.8. The summed E-state index contributed by atoms with van der Waals surface area (Å²) in [6.07, 6.45) is 1.48. The van der Waals surface area contributed by atoms with Crippen LogP contribution in [0.3, 0.4) is 0 Å². The Bertz CT molecular complexity index is 777. The number of carbonyl (C=O) groups is 2. The van der Waals surface area contributed by atoms with Crippen molar-refractivity contribution in [3.8, 4) is 5.75 Å². The molecule has 0 spiro atoms. The zero-order valence-electron chi connectivity index (χ0n) is 14.8. The Kier molecular flexibility index (Phi) is 7.77. The van der Waals surface area contributed by atoms with E-state index in [4.69, 9.17) is 9.47 Å². The van der Waals surface area contributed by atoms with Gasteiger partial charge in [0.05, 0.1) is 19.4 Å². The second-order valence-corrected chi connectivity index (χ2v) is 5.32. The quantitative estimate of drug-likeness (QED) is 0.400. The van der Waals surface area contributed by atoms with Crippen LogP contribution >= 0.6 is 0 Å². The van der Waals surface area contributed by atoms with Crippen LogP contribution in [0.25, 0.3) is 0 Å². The standard InChI is InChI=1S/C19H20FN3O4/c1-2-26-19(25)13-27-17-9-3-14(4-10-17)11-22-23-18(24)12-21-16-7-5-15(20)6-8-16/h3-11,21H,2,12-13H2,1H3,(H,23,24)/b22-11-. The highest BCUT2D eigenvalue weighted by Crippen LogP contribution is 2.11. The predicted molar refractivity (Wildman–Crippen MR) is 99.2 cm³/mol. The molecule has 2 aromatic carbocycles. The number of rotatable bonds is 9. The lowest BCUT2D eigenvalue weighted by atomic mass is 10.2. The summed E-state index contributed by atoms with van der Waals surface area (Å²) < 4.78 is 22.8. The van der Waals surface area contributed by atoms with Crippen LogP contribution in [0.1, 0.15) is 12.5 Å². The first-order valence-electron chi connectivity index (χ1n) is 8.26. The monoisotopic (exact) mass is 373 g/mol. The number of hydrogen-bond acceptors (Lipinski definition) is 6. The molecule has 1 amide bonds. The molecule has 2 aromatic rings. The molecule has 0 fully saturated rings. The van der Waals surface area contributed by atoms with Gasteiger partial charge in [-0.1, -0.05) is 0 Å². The fraction of sp³-hybridized carbons (Fsp3) is 0.211. The summed E-state index contributed by atoms with van der Waals surface area (Å²) in [5, 5.41) is 6.71. The SMILES string of the molecule is CCOC(=O)COc1ccc(/C=N\NC(=O)CNc2ccc(F)cc2)cc1. The predicted octanol–water partition coefficient (Wildman–Crippen LogP) is 2.33. The molecule has 2 rings (SSSR count). The van der Waals surface area contributed by atoms with E-state index in [2.05, 4.69) is 15.8 Å². The van der Waals surface area contributed by atoms with E-state index in [0.29, 0.717) is 18.0 Å². The first-order chi connectivity index (χ1) is 13.1. The fourth-order valence-corrected chi connectivity index (χ4v) is 1.96. The molecular formula is C19H20FN3O4. The van der Waals surface area contributed by atoms with Crippen LogP contribution in [0.2, 0.25) is 0 Å². The van der Waals surface area contributed by atoms with E-state index >= 15 is 0 Å². The van der Waals surface area contributed by atoms with Gasteiger partial charge in [-0.2, -0.15) is 5.10 Å². The summed E-state index contributed by atoms with van der Waals surface area (Å²) in [5.41, 5.74) is 3.76. The molecule has 0 saturated carbocycles. The molecule has 0 unspecified atom stereocenters. The Morgan fingerprint density at radius 3 is 2.48 bits per heavy atom. The van der Waals surface area contributed by atoms with E-state index < -0.39 is 5.97 Å². The molecule has 0 aliphatic rings. The van der Waals surface area contributed by atoms with Crippen molar-refractivity contribution >= 4 is 23.8 Å². The minimum atomic E-state index is -0.430. The number of hydrazone groups is 1. The molecule has 7 nitrogen and oxygen atoms in total. The van der Waals surface area contributed by atoms with E-state index in [9.17, 15) is 14.0 Å². The van der Waals surface area contributed by atoms with Gasteiger partial charge >= 0.3 is 5.97 Å². The average Bonchev–Trinajstić information content (AvgIpc) is 2.67. The van der Waals surface area contributed by atoms with Gasteiger partial charge in [-0.3, -0.25) is 4.79 Å². The van der Waals surface area contributed by atoms with Crippen molar-refractivity contribution in [3.63, 3.8) is 0 Å². The summed E-state index contributed by atoms with van der Waals surface area (Å²) in [5.74, 6) is -0.593. The largest absolute Gasteiger partial charge is 0.482 e. The number of carbonyl (C=O) groups excluding carboxylic acids is 2. The van der Waals surface area contributed by atoms with E-state index in [1.807, 2.05) is 0 Å². The summed E-state index contributed by atoms with van der Waals surface area (Å²) >= 11 is 0. The van der Waals surface area contributed by atoms with Crippen molar-refractivity contribution in [2.75, 3.05) is 25.1 Å². The number of ether oxygens (including phenoxy) is 2. The zero-order chi connectivity index (χ0) is 19.5. The molecule has 0 atom stereocenters. The second kappa shape index (κ2) is 10.5. The molecule has 0 aliphatic heterocycles. The van der Waals surface area contributed by atoms with E-state index in [1.165, 1.54) is 30.5 Å². The van der Waals surface area contributed by atoms with Gasteiger partial charge in [-0.05, 0) is 61.0 Å². The summed E-state index contributed by atoms with van der Waals surface area (Å²) in [4.78, 5) is 22.9. The molecule has 0 bridgehead atoms. The third-order valence-corrected chi connectivity index (χ3v) is 3.24. The Labute approximate surface area is 156 Å². The number of nitrogens with zero attached hydrogens (tertiary/aromatic N) is 1. The average molecular weight is 373 g/mol. The second-order valence-electron chi connectivity index (χ2n) is 5.32. The highest BCUT2D eigenvalue weighted by molar-refractivity contribution is 5.84. The third kappa shape index (κ3) is 7.55. The molecule has 142 valence electrons. The lowest BCUT2D eigenvalue weighted by Crippen LogP contribution is -2.25. The van der Waals surface area contributed by atoms with Gasteiger partial charge in [0.25, 0.3) is 5.91 Å². The molecule has 0 radical (unpaired) electrons. The van der Waals surface area contributed by atoms with Crippen LogP contribution in [0.4, 0.5) is 10.1 Å². The Hall–Kier alpha value is -3.42. The number of hydrogen-bond donors (Lipinski definition) is 2. The molecule has 0 aromatic heterocycles. The fourth-order valence-electron chi connectivity index (χ4n) is 1.96. The number of halogens is 1. The maximum Gasteiger partial charge on any atom is 0.344 e. The van der Waals surface area contributed by atoms with E-state index in [-0.39, 0.29) is 24.9 Å². The van der Waals surface area contributed by atoms with Crippen LogP contribution in [-0.4, -0.2) is 37.8 Å². The lowest BCUT2D eigenvalue weighted by molar-refractivity contribution is -0.145. The van der Waals surface area contributed by atoms with Gasteiger partial charge < -0.3 is 14.8 Å². The van der Waals surface area contributed by atoms with Crippen molar-refractivity contribution in [1.29, 1.82) is 0 Å². The van der Waals surface area contributed by atoms with Crippen molar-refractivity contribution in [2.45, 2.75) is 6.92 Å². The normalized spacial score (nSPS) is 10.4. The number of esters is 1. The highest BCUT2D eigenvalue weighted by atomic mass is 19.1. The van der Waals surface area contributed by atoms with Gasteiger partial charge in [-0.25, -0.2) is 14.6 Å². The van der Waals surface area contributed by atoms with Gasteiger partial charge in [0.1, 0.15) is 11.6 Å². The number of benzene rings is 2. The Balaban J connectivity index is 1.72. The molecule has 0 aliphatic carbocycles. The van der Waals surface area contributed by atoms with Crippen LogP contribution in [0, 0.1) is 5.82 Å². The Morgan fingerprint density at radius 1 is 1.11 bits per heavy atom. The molecule has 2 N–H and O–H groups in total. The van der Waals surface area contributed by atoms with Crippen LogP contribution in [0.5, 0.6) is 5.75 Å². The zero-order valence-corrected chi connectivity index (χ0v) is 14.8. The number of nitrogens with one attached hydrogen (secondary N) is 2. The number of anilines is 1. The first-order valence-corrected chi connectivity index (χ1v) is 8.26. The van der Waals surface area contributed by atoms with E-state index in [0.717, 1.165) is 5.56 Å². The topological polar surface area (TPSA) is 89.0 Å². The maximum atomic E-state index is 12.8. The molecule has 0 saturated heterocycles. The van der Waals surface area contributed by atoms with Gasteiger partial charge in [0.15, 0.2) is 6.61 Å². The summed E-state index contributed by atoms with van der Waals surface area (Å²) in [7, 11) is 0. The van der Waals surface area contributed by atoms with Gasteiger partial charge in [-0.15, -0.1) is 0 Å². The van der Waals surface area contributed by atoms with Gasteiger partial charge in [0, 0.05) is 5.69 Å². The van der Waals surface area contributed by atoms with Gasteiger partial charge in [0.2, 0.25) is 0 Å². The summed E-state index contributed by atoms with van der Waals surface area (Å²) in [6, 6.07) is 12.5. The van der Waals surface area contributed by atoms with Crippen molar-refractivity contribution in [1.82, 2.24) is 5.43 Å². The van der Waals surface area contributed by atoms with E-state index in [1.54, 1.807) is 31.2 Å². The van der Waals surface area contributed by atoms with Crippen LogP contribution in [-0.2, 0) is 14.3 Å². The van der Waals surface area contributed by atoms with Crippen molar-refractivity contribution in [2.24, 2.45) is 5.10 Å². The van der Waals surface area contributed by atoms with Crippen molar-refractivity contribution < 1.29 is 23.5 Å². The third-order valence-electron chi connectivity index (χ3n) is 3.24. The molecule has 27 heavy (non-hydrogen) atoms. The highest BCUT2D eigenvalue weighted by Gasteiger charge is 2.03. The number of amides is 1. The van der Waals surface area contributed by atoms with Crippen LogP contribution in [0.15, 0.2) is 53.6 Å². The molecular weight excluding hydrogens is 353 g/mol. The van der Waals surface area contributed by atoms with Crippen LogP contribution < -0.4 is 15.5 Å². The van der Waals surface area contributed by atoms with Crippen molar-refractivity contribution in [3.05, 3.63) is 59.9 Å². The minimum absolute atomic E-state index is 0.00358. The first kappa shape index (κ1) is 19.9. The lowest BCUT2D eigenvalue weighted by Gasteiger charge is -2.06. The molecule has 8 heteroatoms. The Morgan fingerprint density at radius 2 is 1.81 bits per heavy atom. The minimum Gasteiger partial charge on any atom is -0.482 e. The smallest absolute Gasteiger partial charge is 0.344 e.